The maximum atomic E-state index is 13.1. The quantitative estimate of drug-likeness (QED) is 0.514. The summed E-state index contributed by atoms with van der Waals surface area (Å²) in [5, 5.41) is 3.27. The number of anilines is 1. The number of sulfonamides is 1. The van der Waals surface area contributed by atoms with Gasteiger partial charge in [-0.05, 0) is 31.0 Å². The lowest BCUT2D eigenvalue weighted by Crippen LogP contribution is -2.24. The van der Waals surface area contributed by atoms with Gasteiger partial charge < -0.3 is 5.32 Å². The second-order valence-corrected chi connectivity index (χ2v) is 8.28. The number of fused-ring (bicyclic) bond motifs is 1. The second kappa shape index (κ2) is 8.56. The Hall–Kier alpha value is -2.04. The molecule has 0 saturated heterocycles. The van der Waals surface area contributed by atoms with Crippen LogP contribution in [0.2, 0.25) is 0 Å². The summed E-state index contributed by atoms with van der Waals surface area (Å²) in [6.07, 6.45) is 7.19. The first-order chi connectivity index (χ1) is 12.6. The summed E-state index contributed by atoms with van der Waals surface area (Å²) < 4.78 is 45.9. The van der Waals surface area contributed by atoms with Crippen molar-refractivity contribution in [2.45, 2.75) is 30.6 Å². The van der Waals surface area contributed by atoms with Gasteiger partial charge in [0.2, 0.25) is 20.9 Å². The van der Waals surface area contributed by atoms with Gasteiger partial charge >= 0.3 is 0 Å². The molecule has 3 aromatic rings. The SMILES string of the molecule is O=S(=O)(NCCCCCCNc1nsc2nccn12)c1cccc(F)c1. The lowest BCUT2D eigenvalue weighted by atomic mass is 10.2. The van der Waals surface area contributed by atoms with E-state index in [0.29, 0.717) is 6.54 Å². The molecular weight excluding hydrogens is 377 g/mol. The highest BCUT2D eigenvalue weighted by molar-refractivity contribution is 7.89. The van der Waals surface area contributed by atoms with Crippen LogP contribution < -0.4 is 10.0 Å². The van der Waals surface area contributed by atoms with Crippen molar-refractivity contribution in [1.29, 1.82) is 0 Å². The van der Waals surface area contributed by atoms with E-state index in [2.05, 4.69) is 19.4 Å². The summed E-state index contributed by atoms with van der Waals surface area (Å²) in [4.78, 5) is 4.98. The number of nitrogens with one attached hydrogen (secondary N) is 2. The first-order valence-electron chi connectivity index (χ1n) is 8.34. The standard InChI is InChI=1S/C16H20FN5O2S2/c17-13-6-5-7-14(12-13)26(23,24)20-9-4-2-1-3-8-18-15-21-25-16-19-10-11-22(15)16/h5-7,10-12,20H,1-4,8-9H2,(H,18,21). The number of unbranched alkanes of at least 4 members (excludes halogenated alkanes) is 3. The fourth-order valence-corrected chi connectivity index (χ4v) is 4.26. The summed E-state index contributed by atoms with van der Waals surface area (Å²) in [7, 11) is -3.64. The number of hydrogen-bond donors (Lipinski definition) is 2. The minimum Gasteiger partial charge on any atom is -0.355 e. The van der Waals surface area contributed by atoms with Gasteiger partial charge in [-0.3, -0.25) is 4.40 Å². The monoisotopic (exact) mass is 397 g/mol. The molecule has 0 amide bonds. The van der Waals surface area contributed by atoms with Crippen LogP contribution in [0.15, 0.2) is 41.6 Å². The zero-order valence-electron chi connectivity index (χ0n) is 14.1. The number of rotatable bonds is 10. The summed E-state index contributed by atoms with van der Waals surface area (Å²) in [6, 6.07) is 5.00. The van der Waals surface area contributed by atoms with Crippen molar-refractivity contribution in [2.75, 3.05) is 18.4 Å². The smallest absolute Gasteiger partial charge is 0.240 e. The minimum atomic E-state index is -3.64. The van der Waals surface area contributed by atoms with E-state index in [1.54, 1.807) is 6.20 Å². The Morgan fingerprint density at radius 1 is 1.15 bits per heavy atom. The molecule has 2 N–H and O–H groups in total. The Bertz CT molecular complexity index is 954. The van der Waals surface area contributed by atoms with Crippen molar-refractivity contribution >= 4 is 32.5 Å². The summed E-state index contributed by atoms with van der Waals surface area (Å²) in [5.41, 5.74) is 0. The molecule has 3 rings (SSSR count). The van der Waals surface area contributed by atoms with Gasteiger partial charge in [-0.15, -0.1) is 0 Å². The fraction of sp³-hybridized carbons (Fsp3) is 0.375. The van der Waals surface area contributed by atoms with Crippen LogP contribution in [-0.4, -0.2) is 35.3 Å². The highest BCUT2D eigenvalue weighted by Crippen LogP contribution is 2.14. The van der Waals surface area contributed by atoms with Gasteiger partial charge in [0.05, 0.1) is 4.90 Å². The van der Waals surface area contributed by atoms with Gasteiger partial charge in [0.25, 0.3) is 0 Å². The predicted octanol–water partition coefficient (Wildman–Crippen LogP) is 2.88. The first-order valence-corrected chi connectivity index (χ1v) is 10.6. The molecule has 0 saturated carbocycles. The van der Waals surface area contributed by atoms with Crippen LogP contribution >= 0.6 is 11.5 Å². The van der Waals surface area contributed by atoms with Gasteiger partial charge in [0.1, 0.15) is 5.82 Å². The molecule has 1 aromatic carbocycles. The van der Waals surface area contributed by atoms with Crippen molar-refractivity contribution in [1.82, 2.24) is 18.5 Å². The molecule has 0 aliphatic carbocycles. The molecule has 26 heavy (non-hydrogen) atoms. The predicted molar refractivity (Wildman–Crippen MR) is 99.4 cm³/mol. The fourth-order valence-electron chi connectivity index (χ4n) is 2.49. The number of hydrogen-bond acceptors (Lipinski definition) is 6. The van der Waals surface area contributed by atoms with E-state index in [4.69, 9.17) is 0 Å². The van der Waals surface area contributed by atoms with Crippen molar-refractivity contribution < 1.29 is 12.8 Å². The van der Waals surface area contributed by atoms with E-state index in [1.165, 1.54) is 29.7 Å². The van der Waals surface area contributed by atoms with Crippen LogP contribution in [0.4, 0.5) is 10.3 Å². The zero-order valence-corrected chi connectivity index (χ0v) is 15.7. The molecular formula is C16H20FN5O2S2. The Kier molecular flexibility index (Phi) is 6.17. The maximum absolute atomic E-state index is 13.1. The molecule has 0 spiro atoms. The molecule has 0 bridgehead atoms. The molecule has 7 nitrogen and oxygen atoms in total. The topological polar surface area (TPSA) is 88.4 Å². The molecule has 10 heteroatoms. The van der Waals surface area contributed by atoms with E-state index in [0.717, 1.165) is 49.2 Å². The first kappa shape index (κ1) is 18.7. The van der Waals surface area contributed by atoms with E-state index >= 15 is 0 Å². The van der Waals surface area contributed by atoms with Crippen LogP contribution in [-0.2, 0) is 10.0 Å². The van der Waals surface area contributed by atoms with Gasteiger partial charge in [-0.1, -0.05) is 18.9 Å². The number of imidazole rings is 1. The normalized spacial score (nSPS) is 11.9. The summed E-state index contributed by atoms with van der Waals surface area (Å²) in [5.74, 6) is 0.235. The molecule has 0 radical (unpaired) electrons. The lowest BCUT2D eigenvalue weighted by molar-refractivity contribution is 0.569. The zero-order chi connectivity index (χ0) is 18.4. The number of benzene rings is 1. The molecule has 0 atom stereocenters. The largest absolute Gasteiger partial charge is 0.355 e. The Morgan fingerprint density at radius 2 is 1.96 bits per heavy atom. The van der Waals surface area contributed by atoms with Gasteiger partial charge in [-0.2, -0.15) is 4.37 Å². The average Bonchev–Trinajstić information content (AvgIpc) is 3.21. The molecule has 0 unspecified atom stereocenters. The lowest BCUT2D eigenvalue weighted by Gasteiger charge is -2.07. The van der Waals surface area contributed by atoms with Crippen molar-refractivity contribution in [3.8, 4) is 0 Å². The maximum Gasteiger partial charge on any atom is 0.240 e. The van der Waals surface area contributed by atoms with Gasteiger partial charge in [0.15, 0.2) is 0 Å². The van der Waals surface area contributed by atoms with Crippen LogP contribution in [0.25, 0.3) is 4.96 Å². The average molecular weight is 398 g/mol. The number of nitrogens with zero attached hydrogens (tertiary/aromatic N) is 3. The minimum absolute atomic E-state index is 0.0456. The van der Waals surface area contributed by atoms with Crippen molar-refractivity contribution in [3.05, 3.63) is 42.5 Å². The van der Waals surface area contributed by atoms with Gasteiger partial charge in [0, 0.05) is 37.0 Å². The Balaban J connectivity index is 1.30. The van der Waals surface area contributed by atoms with E-state index in [-0.39, 0.29) is 4.90 Å². The van der Waals surface area contributed by atoms with E-state index in [9.17, 15) is 12.8 Å². The molecule has 2 heterocycles. The van der Waals surface area contributed by atoms with Gasteiger partial charge in [-0.25, -0.2) is 22.5 Å². The molecule has 0 aliphatic heterocycles. The molecule has 0 fully saturated rings. The molecule has 2 aromatic heterocycles. The van der Waals surface area contributed by atoms with Crippen molar-refractivity contribution in [3.63, 3.8) is 0 Å². The van der Waals surface area contributed by atoms with Crippen LogP contribution in [0.1, 0.15) is 25.7 Å². The summed E-state index contributed by atoms with van der Waals surface area (Å²) in [6.45, 7) is 1.14. The van der Waals surface area contributed by atoms with Crippen LogP contribution in [0, 0.1) is 5.82 Å². The van der Waals surface area contributed by atoms with Crippen LogP contribution in [0.3, 0.4) is 0 Å². The highest BCUT2D eigenvalue weighted by Gasteiger charge is 2.13. The number of halogens is 1. The third-order valence-corrected chi connectivity index (χ3v) is 6.02. The van der Waals surface area contributed by atoms with E-state index < -0.39 is 15.8 Å². The molecule has 0 aliphatic rings. The third-order valence-electron chi connectivity index (χ3n) is 3.83. The second-order valence-electron chi connectivity index (χ2n) is 5.78. The molecule has 140 valence electrons. The third kappa shape index (κ3) is 4.77. The highest BCUT2D eigenvalue weighted by atomic mass is 32.2. The summed E-state index contributed by atoms with van der Waals surface area (Å²) >= 11 is 1.35. The Morgan fingerprint density at radius 3 is 2.77 bits per heavy atom. The van der Waals surface area contributed by atoms with Crippen LogP contribution in [0.5, 0.6) is 0 Å². The Labute approximate surface area is 155 Å². The van der Waals surface area contributed by atoms with Crippen molar-refractivity contribution in [2.24, 2.45) is 0 Å². The number of aromatic nitrogens is 3. The van der Waals surface area contributed by atoms with E-state index in [1.807, 2.05) is 10.6 Å².